The van der Waals surface area contributed by atoms with Gasteiger partial charge < -0.3 is 10.1 Å². The molecule has 1 amide bonds. The van der Waals surface area contributed by atoms with Crippen LogP contribution < -0.4 is 5.32 Å². The van der Waals surface area contributed by atoms with Gasteiger partial charge in [-0.1, -0.05) is 0 Å². The average molecular weight is 281 g/mol. The summed E-state index contributed by atoms with van der Waals surface area (Å²) in [5.41, 5.74) is -0.159. The van der Waals surface area contributed by atoms with Crippen LogP contribution in [0.25, 0.3) is 0 Å². The van der Waals surface area contributed by atoms with Crippen LogP contribution in [0.3, 0.4) is 0 Å². The maximum Gasteiger partial charge on any atom is 0.246 e. The Kier molecular flexibility index (Phi) is 3.56. The zero-order chi connectivity index (χ0) is 13.3. The molecule has 19 heavy (non-hydrogen) atoms. The second kappa shape index (κ2) is 5.19. The molecule has 0 radical (unpaired) electrons. The van der Waals surface area contributed by atoms with E-state index >= 15 is 0 Å². The summed E-state index contributed by atoms with van der Waals surface area (Å²) in [6, 6.07) is 0.107. The average Bonchev–Trinajstić information content (AvgIpc) is 2.90. The number of amides is 1. The Morgan fingerprint density at radius 2 is 2.37 bits per heavy atom. The van der Waals surface area contributed by atoms with Crippen LogP contribution in [0.15, 0.2) is 11.6 Å². The van der Waals surface area contributed by atoms with Crippen LogP contribution in [0, 0.1) is 0 Å². The Bertz CT molecular complexity index is 441. The quantitative estimate of drug-likeness (QED) is 0.879. The number of nitrogens with one attached hydrogen (secondary N) is 1. The van der Waals surface area contributed by atoms with Crippen LogP contribution in [-0.2, 0) is 16.1 Å². The fraction of sp³-hybridized carbons (Fsp3) is 0.692. The third-order valence-corrected chi connectivity index (χ3v) is 4.97. The lowest BCUT2D eigenvalue weighted by atomic mass is 9.83. The maximum atomic E-state index is 11.3. The summed E-state index contributed by atoms with van der Waals surface area (Å²) < 4.78 is 5.86. The van der Waals surface area contributed by atoms with Gasteiger partial charge in [0.25, 0.3) is 0 Å². The van der Waals surface area contributed by atoms with Crippen LogP contribution in [-0.4, -0.2) is 47.1 Å². The number of hydrogen-bond donors (Lipinski definition) is 1. The largest absolute Gasteiger partial charge is 0.363 e. The smallest absolute Gasteiger partial charge is 0.246 e. The summed E-state index contributed by atoms with van der Waals surface area (Å²) in [4.78, 5) is 18.1. The van der Waals surface area contributed by atoms with Gasteiger partial charge in [-0.05, 0) is 19.8 Å². The van der Waals surface area contributed by atoms with Crippen LogP contribution >= 0.6 is 11.3 Å². The lowest BCUT2D eigenvalue weighted by molar-refractivity contribution is -0.159. The van der Waals surface area contributed by atoms with E-state index in [-0.39, 0.29) is 24.2 Å². The molecule has 5 nitrogen and oxygen atoms in total. The molecular formula is C13H19N3O2S. The zero-order valence-corrected chi connectivity index (χ0v) is 11.9. The molecule has 2 aliphatic heterocycles. The number of carbonyl (C=O) groups is 1. The number of morpholine rings is 1. The van der Waals surface area contributed by atoms with Crippen molar-refractivity contribution < 1.29 is 9.53 Å². The molecular weight excluding hydrogens is 262 g/mol. The highest BCUT2D eigenvalue weighted by Crippen LogP contribution is 2.32. The summed E-state index contributed by atoms with van der Waals surface area (Å²) in [6.07, 6.45) is 3.80. The number of carbonyl (C=O) groups excluding carboxylic acids is 1. The van der Waals surface area contributed by atoms with E-state index in [0.717, 1.165) is 32.5 Å². The van der Waals surface area contributed by atoms with E-state index in [9.17, 15) is 4.79 Å². The Hall–Kier alpha value is -0.980. The molecule has 2 fully saturated rings. The number of ether oxygens (including phenoxy) is 1. The van der Waals surface area contributed by atoms with E-state index in [1.807, 2.05) is 18.5 Å². The molecule has 0 bridgehead atoms. The van der Waals surface area contributed by atoms with Gasteiger partial charge in [-0.3, -0.25) is 9.69 Å². The Balaban J connectivity index is 1.58. The normalized spacial score (nSPS) is 27.4. The van der Waals surface area contributed by atoms with E-state index in [4.69, 9.17) is 4.74 Å². The van der Waals surface area contributed by atoms with Crippen molar-refractivity contribution >= 4 is 17.2 Å². The Labute approximate surface area is 117 Å². The zero-order valence-electron chi connectivity index (χ0n) is 11.1. The Morgan fingerprint density at radius 1 is 1.58 bits per heavy atom. The van der Waals surface area contributed by atoms with E-state index in [2.05, 4.69) is 15.2 Å². The molecule has 1 spiro atoms. The highest BCUT2D eigenvalue weighted by atomic mass is 32.1. The lowest BCUT2D eigenvalue weighted by Crippen LogP contribution is -2.62. The van der Waals surface area contributed by atoms with Gasteiger partial charge in [-0.15, -0.1) is 11.3 Å². The van der Waals surface area contributed by atoms with Crippen molar-refractivity contribution in [3.05, 3.63) is 16.6 Å². The molecule has 6 heteroatoms. The van der Waals surface area contributed by atoms with Crippen LogP contribution in [0.4, 0.5) is 0 Å². The fourth-order valence-electron chi connectivity index (χ4n) is 2.94. The first-order valence-corrected chi connectivity index (χ1v) is 7.60. The molecule has 0 aliphatic carbocycles. The summed E-state index contributed by atoms with van der Waals surface area (Å²) in [7, 11) is 0. The minimum Gasteiger partial charge on any atom is -0.363 e. The van der Waals surface area contributed by atoms with Crippen LogP contribution in [0.5, 0.6) is 0 Å². The molecule has 0 saturated carbocycles. The molecule has 0 unspecified atom stereocenters. The standard InChI is InChI=1S/C13H19N3O2S/c1-10-13(18-9-11(17)15-10)2-5-16(6-3-13)8-12-14-4-7-19-12/h4,7,10H,2-3,5-6,8-9H2,1H3,(H,15,17)/t10-/m1/s1. The number of thiazole rings is 1. The van der Waals surface area contributed by atoms with Crippen LogP contribution in [0.1, 0.15) is 24.8 Å². The van der Waals surface area contributed by atoms with Crippen molar-refractivity contribution in [1.29, 1.82) is 0 Å². The molecule has 2 saturated heterocycles. The van der Waals surface area contributed by atoms with E-state index < -0.39 is 0 Å². The molecule has 1 N–H and O–H groups in total. The molecule has 3 heterocycles. The van der Waals surface area contributed by atoms with Gasteiger partial charge in [-0.25, -0.2) is 4.98 Å². The molecule has 1 aromatic heterocycles. The SMILES string of the molecule is C[C@H]1NC(=O)COC12CCN(Cc1nccs1)CC2. The molecule has 2 aliphatic rings. The molecule has 3 rings (SSSR count). The predicted molar refractivity (Wildman–Crippen MR) is 72.9 cm³/mol. The third-order valence-electron chi connectivity index (χ3n) is 4.20. The fourth-order valence-corrected chi connectivity index (χ4v) is 3.60. The second-order valence-electron chi connectivity index (χ2n) is 5.34. The second-order valence-corrected chi connectivity index (χ2v) is 6.32. The summed E-state index contributed by atoms with van der Waals surface area (Å²) >= 11 is 1.70. The van der Waals surface area contributed by atoms with Gasteiger partial charge >= 0.3 is 0 Å². The first-order valence-electron chi connectivity index (χ1n) is 6.72. The summed E-state index contributed by atoms with van der Waals surface area (Å²) in [5.74, 6) is 0.00309. The van der Waals surface area contributed by atoms with E-state index in [1.165, 1.54) is 5.01 Å². The molecule has 0 aromatic carbocycles. The maximum absolute atomic E-state index is 11.3. The number of aromatic nitrogens is 1. The van der Waals surface area contributed by atoms with Gasteiger partial charge in [0.05, 0.1) is 18.2 Å². The van der Waals surface area contributed by atoms with Gasteiger partial charge in [0.2, 0.25) is 5.91 Å². The predicted octanol–water partition coefficient (Wildman–Crippen LogP) is 1.01. The van der Waals surface area contributed by atoms with Gasteiger partial charge in [0.1, 0.15) is 11.6 Å². The minimum absolute atomic E-state index is 0.00309. The minimum atomic E-state index is -0.159. The van der Waals surface area contributed by atoms with Crippen molar-refractivity contribution in [2.75, 3.05) is 19.7 Å². The molecule has 104 valence electrons. The van der Waals surface area contributed by atoms with Gasteiger partial charge in [0, 0.05) is 24.7 Å². The first-order chi connectivity index (χ1) is 9.18. The highest BCUT2D eigenvalue weighted by molar-refractivity contribution is 7.09. The summed E-state index contributed by atoms with van der Waals surface area (Å²) in [6.45, 7) is 5.18. The first kappa shape index (κ1) is 13.0. The number of likely N-dealkylation sites (tertiary alicyclic amines) is 1. The molecule has 1 aromatic rings. The topological polar surface area (TPSA) is 54.5 Å². The van der Waals surface area contributed by atoms with E-state index in [1.54, 1.807) is 11.3 Å². The van der Waals surface area contributed by atoms with Gasteiger partial charge in [0.15, 0.2) is 0 Å². The Morgan fingerprint density at radius 3 is 3.00 bits per heavy atom. The molecule has 1 atom stereocenters. The van der Waals surface area contributed by atoms with E-state index in [0.29, 0.717) is 0 Å². The number of rotatable bonds is 2. The summed E-state index contributed by atoms with van der Waals surface area (Å²) in [5, 5.41) is 6.19. The number of nitrogens with zero attached hydrogens (tertiary/aromatic N) is 2. The lowest BCUT2D eigenvalue weighted by Gasteiger charge is -2.47. The van der Waals surface area contributed by atoms with Crippen molar-refractivity contribution in [2.45, 2.75) is 38.0 Å². The van der Waals surface area contributed by atoms with Gasteiger partial charge in [-0.2, -0.15) is 0 Å². The highest BCUT2D eigenvalue weighted by Gasteiger charge is 2.44. The monoisotopic (exact) mass is 281 g/mol. The number of hydrogen-bond acceptors (Lipinski definition) is 5. The number of piperidine rings is 1. The van der Waals surface area contributed by atoms with Crippen LogP contribution in [0.2, 0.25) is 0 Å². The van der Waals surface area contributed by atoms with Crippen molar-refractivity contribution in [1.82, 2.24) is 15.2 Å². The van der Waals surface area contributed by atoms with Crippen molar-refractivity contribution in [2.24, 2.45) is 0 Å². The van der Waals surface area contributed by atoms with Crippen molar-refractivity contribution in [3.8, 4) is 0 Å². The third kappa shape index (κ3) is 2.66. The van der Waals surface area contributed by atoms with Crippen molar-refractivity contribution in [3.63, 3.8) is 0 Å².